The van der Waals surface area contributed by atoms with Gasteiger partial charge in [-0.15, -0.1) is 12.4 Å². The summed E-state index contributed by atoms with van der Waals surface area (Å²) in [5.74, 6) is 0.653. The summed E-state index contributed by atoms with van der Waals surface area (Å²) < 4.78 is 1.58. The van der Waals surface area contributed by atoms with Crippen LogP contribution in [0.2, 0.25) is 0 Å². The lowest BCUT2D eigenvalue weighted by atomic mass is 9.92. The summed E-state index contributed by atoms with van der Waals surface area (Å²) in [5, 5.41) is 3.27. The van der Waals surface area contributed by atoms with Crippen molar-refractivity contribution in [1.29, 1.82) is 0 Å². The van der Waals surface area contributed by atoms with Crippen molar-refractivity contribution in [2.75, 3.05) is 6.54 Å². The zero-order valence-corrected chi connectivity index (χ0v) is 16.3. The Bertz CT molecular complexity index is 920. The first kappa shape index (κ1) is 19.4. The second-order valence-corrected chi connectivity index (χ2v) is 6.84. The lowest BCUT2D eigenvalue weighted by molar-refractivity contribution is 0.180. The van der Waals surface area contributed by atoms with Gasteiger partial charge in [-0.05, 0) is 43.5 Å². The summed E-state index contributed by atoms with van der Waals surface area (Å²) in [6, 6.07) is 16.6. The first-order valence-corrected chi connectivity index (χ1v) is 9.28. The number of hydrogen-bond donors (Lipinski definition) is 1. The number of pyridine rings is 1. The molecule has 5 nitrogen and oxygen atoms in total. The Kier molecular flexibility index (Phi) is 6.14. The first-order valence-electron chi connectivity index (χ1n) is 9.28. The minimum atomic E-state index is 0. The molecule has 2 heterocycles. The highest BCUT2D eigenvalue weighted by Gasteiger charge is 2.28. The van der Waals surface area contributed by atoms with Gasteiger partial charge >= 0.3 is 0 Å². The third-order valence-electron chi connectivity index (χ3n) is 5.27. The molecule has 142 valence electrons. The van der Waals surface area contributed by atoms with Crippen LogP contribution in [0.3, 0.4) is 0 Å². The normalized spacial score (nSPS) is 16.0. The molecule has 0 bridgehead atoms. The van der Waals surface area contributed by atoms with Crippen LogP contribution in [0.1, 0.15) is 30.2 Å². The van der Waals surface area contributed by atoms with E-state index in [1.165, 1.54) is 5.56 Å². The predicted molar refractivity (Wildman–Crippen MR) is 110 cm³/mol. The monoisotopic (exact) mass is 384 g/mol. The maximum absolute atomic E-state index is 12.9. The van der Waals surface area contributed by atoms with Crippen molar-refractivity contribution in [2.24, 2.45) is 0 Å². The summed E-state index contributed by atoms with van der Waals surface area (Å²) in [7, 11) is 0. The van der Waals surface area contributed by atoms with Crippen molar-refractivity contribution in [1.82, 2.24) is 19.7 Å². The molecule has 1 unspecified atom stereocenters. The molecule has 4 rings (SSSR count). The van der Waals surface area contributed by atoms with Gasteiger partial charge in [0, 0.05) is 30.0 Å². The van der Waals surface area contributed by atoms with Gasteiger partial charge in [0.15, 0.2) is 5.82 Å². The Balaban J connectivity index is 0.00000210. The second-order valence-electron chi connectivity index (χ2n) is 6.84. The zero-order chi connectivity index (χ0) is 17.9. The predicted octanol–water partition coefficient (Wildman–Crippen LogP) is 3.36. The number of aromatic nitrogens is 3. The molecule has 1 aliphatic carbocycles. The summed E-state index contributed by atoms with van der Waals surface area (Å²) in [6.07, 6.45) is 4.48. The highest BCUT2D eigenvalue weighted by molar-refractivity contribution is 5.85. The summed E-state index contributed by atoms with van der Waals surface area (Å²) in [5.41, 5.74) is 3.34. The molecule has 0 fully saturated rings. The Morgan fingerprint density at radius 1 is 1.19 bits per heavy atom. The topological polar surface area (TPSA) is 53.9 Å². The quantitative estimate of drug-likeness (QED) is 0.733. The van der Waals surface area contributed by atoms with Crippen LogP contribution < -0.4 is 5.56 Å². The number of nitrogens with zero attached hydrogens (tertiary/aromatic N) is 3. The fourth-order valence-corrected chi connectivity index (χ4v) is 3.86. The molecule has 0 saturated heterocycles. The number of aromatic amines is 1. The Hall–Kier alpha value is -2.37. The molecule has 6 heteroatoms. The molecule has 1 N–H and O–H groups in total. The van der Waals surface area contributed by atoms with Gasteiger partial charge in [0.05, 0.1) is 0 Å². The summed E-state index contributed by atoms with van der Waals surface area (Å²) >= 11 is 0. The number of rotatable bonds is 5. The molecule has 2 aromatic heterocycles. The third kappa shape index (κ3) is 3.99. The van der Waals surface area contributed by atoms with E-state index in [2.05, 4.69) is 46.2 Å². The van der Waals surface area contributed by atoms with Gasteiger partial charge in [-0.2, -0.15) is 0 Å². The lowest BCUT2D eigenvalue weighted by Crippen LogP contribution is -2.39. The van der Waals surface area contributed by atoms with Gasteiger partial charge in [0.2, 0.25) is 0 Å². The molecular formula is C21H25ClN4O. The largest absolute Gasteiger partial charge is 0.296 e. The number of nitrogens with one attached hydrogen (secondary N) is 1. The molecular weight excluding hydrogens is 360 g/mol. The first-order chi connectivity index (χ1) is 12.8. The van der Waals surface area contributed by atoms with Crippen LogP contribution >= 0.6 is 12.4 Å². The molecule has 0 aliphatic heterocycles. The van der Waals surface area contributed by atoms with Crippen LogP contribution in [-0.4, -0.2) is 32.3 Å². The fourth-order valence-electron chi connectivity index (χ4n) is 3.86. The van der Waals surface area contributed by atoms with Gasteiger partial charge in [0.25, 0.3) is 5.56 Å². The highest BCUT2D eigenvalue weighted by Crippen LogP contribution is 2.23. The lowest BCUT2D eigenvalue weighted by Gasteiger charge is -2.33. The van der Waals surface area contributed by atoms with Crippen molar-refractivity contribution in [2.45, 2.75) is 38.8 Å². The Morgan fingerprint density at radius 3 is 2.67 bits per heavy atom. The van der Waals surface area contributed by atoms with E-state index < -0.39 is 0 Å². The molecule has 0 saturated carbocycles. The zero-order valence-electron chi connectivity index (χ0n) is 15.5. The van der Waals surface area contributed by atoms with Crippen LogP contribution in [0.15, 0.2) is 59.5 Å². The van der Waals surface area contributed by atoms with Crippen LogP contribution in [0, 0.1) is 0 Å². The van der Waals surface area contributed by atoms with Crippen molar-refractivity contribution >= 4 is 12.4 Å². The summed E-state index contributed by atoms with van der Waals surface area (Å²) in [6.45, 7) is 4.10. The van der Waals surface area contributed by atoms with E-state index in [-0.39, 0.29) is 18.0 Å². The van der Waals surface area contributed by atoms with E-state index in [9.17, 15) is 4.79 Å². The number of benzene rings is 1. The molecule has 0 spiro atoms. The van der Waals surface area contributed by atoms with Gasteiger partial charge in [-0.25, -0.2) is 9.67 Å². The van der Waals surface area contributed by atoms with Crippen LogP contribution in [0.5, 0.6) is 0 Å². The smallest absolute Gasteiger partial charge is 0.276 e. The summed E-state index contributed by atoms with van der Waals surface area (Å²) in [4.78, 5) is 19.7. The average molecular weight is 385 g/mol. The van der Waals surface area contributed by atoms with E-state index in [0.717, 1.165) is 43.6 Å². The number of halogens is 1. The SMILES string of the molecule is CCN(Cc1ccccc1)C1CCc2[nH]n(-c3ccccn3)c(=O)c2C1.Cl. The van der Waals surface area contributed by atoms with Gasteiger partial charge in [-0.1, -0.05) is 43.3 Å². The van der Waals surface area contributed by atoms with Crippen molar-refractivity contribution in [3.63, 3.8) is 0 Å². The molecule has 27 heavy (non-hydrogen) atoms. The number of fused-ring (bicyclic) bond motifs is 1. The molecule has 1 aromatic carbocycles. The van der Waals surface area contributed by atoms with E-state index in [4.69, 9.17) is 0 Å². The third-order valence-corrected chi connectivity index (χ3v) is 5.27. The van der Waals surface area contributed by atoms with Crippen LogP contribution in [0.4, 0.5) is 0 Å². The van der Waals surface area contributed by atoms with Crippen LogP contribution in [0.25, 0.3) is 5.82 Å². The van der Waals surface area contributed by atoms with Gasteiger partial charge in [0.1, 0.15) is 0 Å². The molecule has 1 aliphatic rings. The van der Waals surface area contributed by atoms with Crippen molar-refractivity contribution < 1.29 is 0 Å². The minimum Gasteiger partial charge on any atom is -0.296 e. The number of aryl methyl sites for hydroxylation is 1. The Labute approximate surface area is 165 Å². The van der Waals surface area contributed by atoms with E-state index in [1.54, 1.807) is 10.9 Å². The van der Waals surface area contributed by atoms with E-state index >= 15 is 0 Å². The van der Waals surface area contributed by atoms with Crippen molar-refractivity contribution in [3.05, 3.63) is 81.9 Å². The second kappa shape index (κ2) is 8.55. The van der Waals surface area contributed by atoms with Gasteiger partial charge in [-0.3, -0.25) is 14.8 Å². The maximum atomic E-state index is 12.9. The molecule has 0 radical (unpaired) electrons. The highest BCUT2D eigenvalue weighted by atomic mass is 35.5. The van der Waals surface area contributed by atoms with Crippen LogP contribution in [-0.2, 0) is 19.4 Å². The van der Waals surface area contributed by atoms with E-state index in [1.807, 2.05) is 24.3 Å². The number of hydrogen-bond acceptors (Lipinski definition) is 3. The van der Waals surface area contributed by atoms with Crippen molar-refractivity contribution in [3.8, 4) is 5.82 Å². The Morgan fingerprint density at radius 2 is 1.96 bits per heavy atom. The number of H-pyrrole nitrogens is 1. The number of likely N-dealkylation sites (N-methyl/N-ethyl adjacent to an activating group) is 1. The minimum absolute atomic E-state index is 0. The maximum Gasteiger partial charge on any atom is 0.276 e. The molecule has 0 amide bonds. The standard InChI is InChI=1S/C21H24N4O.ClH/c1-2-24(15-16-8-4-3-5-9-16)17-11-12-19-18(14-17)21(26)25(23-19)20-10-6-7-13-22-20;/h3-10,13,17,23H,2,11-12,14-15H2,1H3;1H. The molecule has 1 atom stereocenters. The van der Waals surface area contributed by atoms with E-state index in [0.29, 0.717) is 11.9 Å². The van der Waals surface area contributed by atoms with Gasteiger partial charge < -0.3 is 0 Å². The molecule has 3 aromatic rings. The average Bonchev–Trinajstić information content (AvgIpc) is 3.04. The fraction of sp³-hybridized carbons (Fsp3) is 0.333.